The molecule has 0 spiro atoms. The monoisotopic (exact) mass is 992 g/mol. The molecule has 0 aliphatic heterocycles. The van der Waals surface area contributed by atoms with Crippen LogP contribution in [0.4, 0.5) is 0 Å². The summed E-state index contributed by atoms with van der Waals surface area (Å²) in [5.74, 6) is 1.53. The van der Waals surface area contributed by atoms with Gasteiger partial charge in [0.25, 0.3) is 0 Å². The summed E-state index contributed by atoms with van der Waals surface area (Å²) < 4.78 is 6.57. The topological polar surface area (TPSA) is 0 Å². The van der Waals surface area contributed by atoms with Crippen molar-refractivity contribution in [2.75, 3.05) is 0 Å². The first-order valence-electron chi connectivity index (χ1n) is 26.0. The first-order valence-corrected chi connectivity index (χ1v) is 39.7. The third kappa shape index (κ3) is 6.92. The molecule has 0 nitrogen and oxygen atoms in total. The van der Waals surface area contributed by atoms with Gasteiger partial charge in [0.15, 0.2) is 0 Å². The second-order valence-electron chi connectivity index (χ2n) is 22.6. The molecule has 14 rings (SSSR count). The van der Waals surface area contributed by atoms with Gasteiger partial charge in [0, 0.05) is 0 Å². The Hall–Kier alpha value is -6.18. The Balaban J connectivity index is 1.08. The van der Waals surface area contributed by atoms with Gasteiger partial charge in [0.1, 0.15) is 0 Å². The molecule has 2 fully saturated rings. The Morgan fingerprint density at radius 1 is 0.343 bits per heavy atom. The van der Waals surface area contributed by atoms with E-state index < -0.39 is 17.4 Å². The summed E-state index contributed by atoms with van der Waals surface area (Å²) in [4.78, 5) is 0. The summed E-state index contributed by atoms with van der Waals surface area (Å²) in [5, 5.41) is 10.6. The normalized spacial score (nSPS) is 17.8. The molecule has 0 bridgehead atoms. The third-order valence-electron chi connectivity index (χ3n) is 17.2. The van der Waals surface area contributed by atoms with Gasteiger partial charge in [0.2, 0.25) is 0 Å². The zero-order valence-electron chi connectivity index (χ0n) is 40.4. The quantitative estimate of drug-likeness (QED) is 0.120. The van der Waals surface area contributed by atoms with Crippen LogP contribution in [0.25, 0.3) is 99.7 Å². The van der Waals surface area contributed by atoms with Crippen LogP contribution in [0.3, 0.4) is 0 Å². The Bertz CT molecular complexity index is 3690. The molecule has 0 radical (unpaired) electrons. The van der Waals surface area contributed by atoms with E-state index in [1.807, 2.05) is 0 Å². The van der Waals surface area contributed by atoms with Gasteiger partial charge in [0.05, 0.1) is 0 Å². The molecule has 0 aromatic heterocycles. The standard InChI is InChI=1S/2C33H25.2CH3.H2Si.Zr/c2*1-3-11-26-24(7-1)9-5-13-28(26)30-17-18-31(29-14-6-10-25-8-2-4-12-27(25)29)33-21-23(20-32(30)33)19-22-15-16-22;;;;/h2*1-14,17-18,20-22H,15-16,19H2;2*1H3;1H2;. The number of allylic oxidation sites excluding steroid dienone is 2. The van der Waals surface area contributed by atoms with Gasteiger partial charge in [-0.15, -0.1) is 0 Å². The van der Waals surface area contributed by atoms with Crippen molar-refractivity contribution in [3.05, 3.63) is 228 Å². The number of benzene rings is 10. The van der Waals surface area contributed by atoms with E-state index in [2.05, 4.69) is 222 Å². The van der Waals surface area contributed by atoms with Crippen LogP contribution in [-0.2, 0) is 17.4 Å². The Kier molecular flexibility index (Phi) is 9.86. The van der Waals surface area contributed by atoms with Crippen molar-refractivity contribution in [3.63, 3.8) is 0 Å². The molecule has 2 heteroatoms. The van der Waals surface area contributed by atoms with Gasteiger partial charge in [-0.25, -0.2) is 0 Å². The molecule has 70 heavy (non-hydrogen) atoms. The Morgan fingerprint density at radius 3 is 0.957 bits per heavy atom. The van der Waals surface area contributed by atoms with Crippen molar-refractivity contribution in [1.29, 1.82) is 0 Å². The van der Waals surface area contributed by atoms with E-state index in [1.54, 1.807) is 22.3 Å². The van der Waals surface area contributed by atoms with E-state index in [0.717, 1.165) is 11.8 Å². The van der Waals surface area contributed by atoms with E-state index in [-0.39, 0.29) is 0 Å². The molecule has 0 N–H and O–H groups in total. The summed E-state index contributed by atoms with van der Waals surface area (Å²) in [5.41, 5.74) is 20.7. The van der Waals surface area contributed by atoms with Crippen molar-refractivity contribution >= 4 is 62.1 Å². The third-order valence-corrected chi connectivity index (χ3v) is 34.6. The minimum atomic E-state index is -4.39. The fraction of sp³-hybridized carbons (Fsp3) is 0.176. The van der Waals surface area contributed by atoms with E-state index in [4.69, 9.17) is 0 Å². The van der Waals surface area contributed by atoms with Crippen molar-refractivity contribution in [3.8, 4) is 44.5 Å². The van der Waals surface area contributed by atoms with Gasteiger partial charge in [-0.1, -0.05) is 0 Å². The minimum absolute atomic E-state index is 0.361. The Labute approximate surface area is 415 Å². The second-order valence-corrected chi connectivity index (χ2v) is 53.1. The van der Waals surface area contributed by atoms with E-state index in [9.17, 15) is 0 Å². The number of rotatable bonds is 10. The van der Waals surface area contributed by atoms with Crippen LogP contribution in [0.5, 0.6) is 0 Å². The zero-order valence-corrected chi connectivity index (χ0v) is 44.3. The fourth-order valence-electron chi connectivity index (χ4n) is 13.9. The predicted molar refractivity (Wildman–Crippen MR) is 301 cm³/mol. The van der Waals surface area contributed by atoms with Gasteiger partial charge < -0.3 is 0 Å². The van der Waals surface area contributed by atoms with E-state index >= 15 is 0 Å². The van der Waals surface area contributed by atoms with Crippen LogP contribution >= 0.6 is 0 Å². The zero-order chi connectivity index (χ0) is 46.7. The van der Waals surface area contributed by atoms with Crippen molar-refractivity contribution in [2.24, 2.45) is 11.8 Å². The van der Waals surface area contributed by atoms with Crippen molar-refractivity contribution in [2.45, 2.75) is 55.0 Å². The van der Waals surface area contributed by atoms with Crippen molar-refractivity contribution in [1.82, 2.24) is 0 Å². The molecule has 10 aromatic carbocycles. The fourth-order valence-corrected chi connectivity index (χ4v) is 33.4. The predicted octanol–water partition coefficient (Wildman–Crippen LogP) is 18.5. The van der Waals surface area contributed by atoms with E-state index in [1.165, 1.54) is 137 Å². The van der Waals surface area contributed by atoms with Gasteiger partial charge in [-0.3, -0.25) is 0 Å². The molecule has 4 aliphatic rings. The molecule has 4 aliphatic carbocycles. The molecule has 10 aromatic rings. The molecule has 0 amide bonds. The SMILES string of the molecule is [CH3][Zr]([CH3])(=[SiH2])([CH]1C(CC2CC2)=Cc2c(-c3cccc4ccccc34)ccc(-c3cccc4ccccc34)c21)[CH]1C(CC2CC2)=Cc2c(-c3cccc4ccccc34)ccc(-c3cccc4ccccc34)c21. The maximum atomic E-state index is 2.93. The molecule has 2 atom stereocenters. The van der Waals surface area contributed by atoms with Crippen LogP contribution in [0, 0.1) is 11.8 Å². The molecule has 0 saturated heterocycles. The number of hydrogen-bond acceptors (Lipinski definition) is 0. The summed E-state index contributed by atoms with van der Waals surface area (Å²) >= 11 is -4.39. The molecule has 0 heterocycles. The van der Waals surface area contributed by atoms with Crippen molar-refractivity contribution < 1.29 is 17.4 Å². The maximum absolute atomic E-state index is 4.39. The van der Waals surface area contributed by atoms with Crippen LogP contribution < -0.4 is 0 Å². The summed E-state index contributed by atoms with van der Waals surface area (Å²) in [6.45, 7) is 2.57. The van der Waals surface area contributed by atoms with Crippen LogP contribution in [0.1, 0.15) is 68.0 Å². The molecule has 2 saturated carbocycles. The van der Waals surface area contributed by atoms with Gasteiger partial charge in [-0.2, -0.15) is 0 Å². The first-order chi connectivity index (χ1) is 34.3. The van der Waals surface area contributed by atoms with Gasteiger partial charge >= 0.3 is 418 Å². The molecular formula is C68H58SiZr. The van der Waals surface area contributed by atoms with Crippen LogP contribution in [0.2, 0.25) is 9.26 Å². The average molecular weight is 995 g/mol. The van der Waals surface area contributed by atoms with Gasteiger partial charge in [-0.05, 0) is 0 Å². The first kappa shape index (κ1) is 42.7. The molecular weight excluding hydrogens is 936 g/mol. The van der Waals surface area contributed by atoms with Crippen LogP contribution in [0.15, 0.2) is 205 Å². The summed E-state index contributed by atoms with van der Waals surface area (Å²) in [6.07, 6.45) is 13.3. The molecule has 2 unspecified atom stereocenters. The second kappa shape index (κ2) is 16.2. The van der Waals surface area contributed by atoms with E-state index in [0.29, 0.717) is 7.25 Å². The summed E-state index contributed by atoms with van der Waals surface area (Å²) in [6, 6.07) is 74.4. The number of fused-ring (bicyclic) bond motifs is 6. The van der Waals surface area contributed by atoms with Crippen LogP contribution in [-0.4, -0.2) is 6.88 Å². The Morgan fingerprint density at radius 2 is 0.629 bits per heavy atom. The number of hydrogen-bond donors (Lipinski definition) is 0. The summed E-state index contributed by atoms with van der Waals surface area (Å²) in [7, 11) is 0. The molecule has 338 valence electrons. The average Bonchev–Trinajstić information content (AvgIpc) is 4.32.